The van der Waals surface area contributed by atoms with Gasteiger partial charge in [0.25, 0.3) is 5.91 Å². The minimum atomic E-state index is -4.79. The molecule has 1 aliphatic rings. The largest absolute Gasteiger partial charge is 0.473 e. The quantitative estimate of drug-likeness (QED) is 0.782. The fourth-order valence-corrected chi connectivity index (χ4v) is 3.14. The highest BCUT2D eigenvalue weighted by atomic mass is 19.4. The number of alkyl halides is 3. The Labute approximate surface area is 165 Å². The molecule has 10 heteroatoms. The van der Waals surface area contributed by atoms with Gasteiger partial charge in [-0.3, -0.25) is 4.79 Å². The van der Waals surface area contributed by atoms with Crippen molar-refractivity contribution in [1.82, 2.24) is 14.9 Å². The van der Waals surface area contributed by atoms with Gasteiger partial charge in [-0.25, -0.2) is 9.97 Å². The van der Waals surface area contributed by atoms with Gasteiger partial charge in [0.15, 0.2) is 5.60 Å². The van der Waals surface area contributed by atoms with Gasteiger partial charge in [-0.15, -0.1) is 0 Å². The zero-order chi connectivity index (χ0) is 21.1. The number of likely N-dealkylation sites (tertiary alicyclic amines) is 1. The first kappa shape index (κ1) is 21.0. The van der Waals surface area contributed by atoms with Crippen LogP contribution in [0.1, 0.15) is 34.5 Å². The highest BCUT2D eigenvalue weighted by Crippen LogP contribution is 2.37. The Morgan fingerprint density at radius 1 is 1.31 bits per heavy atom. The Hall–Kier alpha value is -2.72. The maximum absolute atomic E-state index is 13.1. The molecule has 0 radical (unpaired) electrons. The van der Waals surface area contributed by atoms with Crippen molar-refractivity contribution in [2.45, 2.75) is 37.8 Å². The second-order valence-electron chi connectivity index (χ2n) is 6.90. The van der Waals surface area contributed by atoms with Crippen LogP contribution >= 0.6 is 0 Å². The van der Waals surface area contributed by atoms with Gasteiger partial charge in [-0.1, -0.05) is 12.1 Å². The van der Waals surface area contributed by atoms with E-state index in [0.717, 1.165) is 4.90 Å². The van der Waals surface area contributed by atoms with Crippen LogP contribution in [-0.4, -0.2) is 50.7 Å². The number of aliphatic hydroxyl groups is 1. The zero-order valence-corrected chi connectivity index (χ0v) is 15.5. The lowest BCUT2D eigenvalue weighted by atomic mass is 9.91. The van der Waals surface area contributed by atoms with Gasteiger partial charge in [0, 0.05) is 24.7 Å². The van der Waals surface area contributed by atoms with Gasteiger partial charge < -0.3 is 20.5 Å². The van der Waals surface area contributed by atoms with Crippen molar-refractivity contribution in [3.63, 3.8) is 0 Å². The maximum atomic E-state index is 13.1. The predicted octanol–water partition coefficient (Wildman–Crippen LogP) is 2.04. The number of benzene rings is 1. The fraction of sp³-hybridized carbons (Fsp3) is 0.421. The highest BCUT2D eigenvalue weighted by Gasteiger charge is 2.55. The summed E-state index contributed by atoms with van der Waals surface area (Å²) in [5, 5.41) is 9.92. The SMILES string of the molecule is NCc1cc(OCc2cccc(C(=O)N3CCCC(O)(C(F)(F)F)C3)c2)ncn1. The number of β-amino-alcohol motifs (C(OH)–C–C–N with tert-alkyl or cyclic N) is 1. The van der Waals surface area contributed by atoms with Crippen LogP contribution < -0.4 is 10.5 Å². The van der Waals surface area contributed by atoms with E-state index in [0.29, 0.717) is 17.1 Å². The molecule has 1 saturated heterocycles. The molecule has 0 saturated carbocycles. The molecule has 0 spiro atoms. The van der Waals surface area contributed by atoms with Crippen LogP contribution in [0.3, 0.4) is 0 Å². The highest BCUT2D eigenvalue weighted by molar-refractivity contribution is 5.94. The smallest absolute Gasteiger partial charge is 0.418 e. The van der Waals surface area contributed by atoms with Crippen LogP contribution in [0.5, 0.6) is 5.88 Å². The lowest BCUT2D eigenvalue weighted by Crippen LogP contribution is -2.58. The molecule has 156 valence electrons. The van der Waals surface area contributed by atoms with Gasteiger partial charge >= 0.3 is 6.18 Å². The van der Waals surface area contributed by atoms with Crippen molar-refractivity contribution in [1.29, 1.82) is 0 Å². The summed E-state index contributed by atoms with van der Waals surface area (Å²) >= 11 is 0. The first-order chi connectivity index (χ1) is 13.7. The third-order valence-electron chi connectivity index (χ3n) is 4.75. The van der Waals surface area contributed by atoms with Crippen molar-refractivity contribution >= 4 is 5.91 Å². The van der Waals surface area contributed by atoms with E-state index in [-0.39, 0.29) is 31.7 Å². The number of hydrogen-bond donors (Lipinski definition) is 2. The van der Waals surface area contributed by atoms with E-state index < -0.39 is 30.7 Å². The van der Waals surface area contributed by atoms with E-state index in [1.54, 1.807) is 24.3 Å². The fourth-order valence-electron chi connectivity index (χ4n) is 3.14. The van der Waals surface area contributed by atoms with E-state index in [1.165, 1.54) is 12.4 Å². The molecule has 29 heavy (non-hydrogen) atoms. The van der Waals surface area contributed by atoms with Crippen molar-refractivity contribution in [3.05, 3.63) is 53.5 Å². The van der Waals surface area contributed by atoms with Crippen LogP contribution in [0.25, 0.3) is 0 Å². The van der Waals surface area contributed by atoms with E-state index >= 15 is 0 Å². The molecule has 0 bridgehead atoms. The Morgan fingerprint density at radius 2 is 2.10 bits per heavy atom. The molecule has 2 heterocycles. The zero-order valence-electron chi connectivity index (χ0n) is 15.5. The van der Waals surface area contributed by atoms with Crippen molar-refractivity contribution in [2.75, 3.05) is 13.1 Å². The molecule has 1 amide bonds. The summed E-state index contributed by atoms with van der Waals surface area (Å²) in [4.78, 5) is 21.7. The molecule has 0 aliphatic carbocycles. The third-order valence-corrected chi connectivity index (χ3v) is 4.75. The van der Waals surface area contributed by atoms with Crippen molar-refractivity contribution in [3.8, 4) is 5.88 Å². The minimum Gasteiger partial charge on any atom is -0.473 e. The van der Waals surface area contributed by atoms with Crippen LogP contribution in [0.15, 0.2) is 36.7 Å². The Balaban J connectivity index is 1.69. The monoisotopic (exact) mass is 410 g/mol. The molecule has 7 nitrogen and oxygen atoms in total. The predicted molar refractivity (Wildman–Crippen MR) is 96.8 cm³/mol. The van der Waals surface area contributed by atoms with Crippen LogP contribution in [0.2, 0.25) is 0 Å². The summed E-state index contributed by atoms with van der Waals surface area (Å²) in [6.45, 7) is -0.281. The van der Waals surface area contributed by atoms with Gasteiger partial charge in [0.05, 0.1) is 12.2 Å². The number of amides is 1. The molecule has 3 N–H and O–H groups in total. The standard InChI is InChI=1S/C19H21F3N4O3/c20-19(21,22)18(28)5-2-6-26(11-18)17(27)14-4-1-3-13(7-14)10-29-16-8-15(9-23)24-12-25-16/h1,3-4,7-8,12,28H,2,5-6,9-11,23H2. The summed E-state index contributed by atoms with van der Waals surface area (Å²) in [6, 6.07) is 8.01. The Morgan fingerprint density at radius 3 is 2.83 bits per heavy atom. The number of ether oxygens (including phenoxy) is 1. The number of aromatic nitrogens is 2. The van der Waals surface area contributed by atoms with Crippen LogP contribution in [0, 0.1) is 0 Å². The first-order valence-corrected chi connectivity index (χ1v) is 9.03. The second-order valence-corrected chi connectivity index (χ2v) is 6.90. The number of nitrogens with two attached hydrogens (primary N) is 1. The first-order valence-electron chi connectivity index (χ1n) is 9.03. The molecular formula is C19H21F3N4O3. The average molecular weight is 410 g/mol. The Kier molecular flexibility index (Phi) is 6.04. The van der Waals surface area contributed by atoms with Gasteiger partial charge in [0.2, 0.25) is 5.88 Å². The molecule has 1 atom stereocenters. The number of carbonyl (C=O) groups is 1. The maximum Gasteiger partial charge on any atom is 0.418 e. The van der Waals surface area contributed by atoms with E-state index in [4.69, 9.17) is 10.5 Å². The lowest BCUT2D eigenvalue weighted by molar-refractivity contribution is -0.271. The van der Waals surface area contributed by atoms with E-state index in [9.17, 15) is 23.1 Å². The second kappa shape index (κ2) is 8.34. The average Bonchev–Trinajstić information content (AvgIpc) is 2.71. The summed E-state index contributed by atoms with van der Waals surface area (Å²) in [5.41, 5.74) is 4.12. The molecular weight excluding hydrogens is 389 g/mol. The Bertz CT molecular complexity index is 878. The number of piperidine rings is 1. The summed E-state index contributed by atoms with van der Waals surface area (Å²) in [5.74, 6) is -0.245. The minimum absolute atomic E-state index is 0.0712. The molecule has 1 unspecified atom stereocenters. The van der Waals surface area contributed by atoms with Crippen LogP contribution in [-0.2, 0) is 13.2 Å². The molecule has 1 aromatic carbocycles. The molecule has 2 aromatic rings. The number of carbonyl (C=O) groups excluding carboxylic acids is 1. The normalized spacial score (nSPS) is 19.8. The van der Waals surface area contributed by atoms with Gasteiger partial charge in [0.1, 0.15) is 12.9 Å². The number of rotatable bonds is 5. The van der Waals surface area contributed by atoms with E-state index in [1.807, 2.05) is 0 Å². The van der Waals surface area contributed by atoms with E-state index in [2.05, 4.69) is 9.97 Å². The summed E-state index contributed by atoms with van der Waals surface area (Å²) in [6.07, 6.45) is -3.81. The van der Waals surface area contributed by atoms with Gasteiger partial charge in [-0.05, 0) is 30.5 Å². The molecule has 1 fully saturated rings. The molecule has 1 aliphatic heterocycles. The third kappa shape index (κ3) is 4.83. The summed E-state index contributed by atoms with van der Waals surface area (Å²) in [7, 11) is 0. The topological polar surface area (TPSA) is 102 Å². The van der Waals surface area contributed by atoms with Crippen LogP contribution in [0.4, 0.5) is 13.2 Å². The number of nitrogens with zero attached hydrogens (tertiary/aromatic N) is 3. The van der Waals surface area contributed by atoms with Crippen molar-refractivity contribution in [2.24, 2.45) is 5.73 Å². The number of hydrogen-bond acceptors (Lipinski definition) is 6. The summed E-state index contributed by atoms with van der Waals surface area (Å²) < 4.78 is 44.9. The lowest BCUT2D eigenvalue weighted by Gasteiger charge is -2.40. The molecule has 3 rings (SSSR count). The van der Waals surface area contributed by atoms with Gasteiger partial charge in [-0.2, -0.15) is 13.2 Å². The molecule has 1 aromatic heterocycles. The number of halogens is 3. The van der Waals surface area contributed by atoms with Crippen molar-refractivity contribution < 1.29 is 27.8 Å².